The summed E-state index contributed by atoms with van der Waals surface area (Å²) in [7, 11) is 0. The van der Waals surface area contributed by atoms with Gasteiger partial charge in [-0.05, 0) is 63.3 Å². The van der Waals surface area contributed by atoms with Gasteiger partial charge in [-0.1, -0.05) is 6.92 Å². The van der Waals surface area contributed by atoms with Crippen LogP contribution in [0.5, 0.6) is 0 Å². The Balaban J connectivity index is 1.47. The maximum atomic E-state index is 12.8. The molecule has 0 atom stereocenters. The Morgan fingerprint density at radius 3 is 2.39 bits per heavy atom. The molecule has 8 nitrogen and oxygen atoms in total. The van der Waals surface area contributed by atoms with E-state index < -0.39 is 28.7 Å². The first kappa shape index (κ1) is 25.3. The highest BCUT2D eigenvalue weighted by Crippen LogP contribution is 2.43. The molecule has 0 aromatic carbocycles. The maximum Gasteiger partial charge on any atom is 0.417 e. The van der Waals surface area contributed by atoms with Crippen molar-refractivity contribution in [2.24, 2.45) is 0 Å². The number of nitrogens with zero attached hydrogens (tertiary/aromatic N) is 5. The maximum absolute atomic E-state index is 12.8. The molecule has 0 unspecified atom stereocenters. The van der Waals surface area contributed by atoms with Crippen LogP contribution in [0, 0.1) is 18.3 Å². The molecule has 0 aliphatic heterocycles. The fourth-order valence-corrected chi connectivity index (χ4v) is 4.41. The van der Waals surface area contributed by atoms with Gasteiger partial charge in [0.1, 0.15) is 0 Å². The van der Waals surface area contributed by atoms with Gasteiger partial charge in [-0.15, -0.1) is 0 Å². The Morgan fingerprint density at radius 1 is 1.14 bits per heavy atom. The number of pyridine rings is 2. The SMILES string of the molecule is CC[C@]1(O)CC[C@](C#N)(c2ccc(NC(=O)c3cnn(-c4ccc(C(F)(F)F)cn4)c3C)cn2)CC1. The lowest BCUT2D eigenvalue weighted by Gasteiger charge is -2.39. The third-order valence-corrected chi connectivity index (χ3v) is 6.96. The zero-order valence-electron chi connectivity index (χ0n) is 19.8. The molecule has 1 saturated carbocycles. The minimum atomic E-state index is -4.50. The van der Waals surface area contributed by atoms with Gasteiger partial charge in [0.25, 0.3) is 5.91 Å². The van der Waals surface area contributed by atoms with E-state index >= 15 is 0 Å². The summed E-state index contributed by atoms with van der Waals surface area (Å²) >= 11 is 0. The van der Waals surface area contributed by atoms with Crippen molar-refractivity contribution in [3.63, 3.8) is 0 Å². The molecule has 11 heteroatoms. The van der Waals surface area contributed by atoms with E-state index in [2.05, 4.69) is 26.5 Å². The molecule has 4 rings (SSSR count). The van der Waals surface area contributed by atoms with Crippen LogP contribution < -0.4 is 5.32 Å². The highest BCUT2D eigenvalue weighted by atomic mass is 19.4. The van der Waals surface area contributed by atoms with Crippen LogP contribution in [-0.2, 0) is 11.6 Å². The lowest BCUT2D eigenvalue weighted by atomic mass is 9.67. The molecule has 1 aliphatic rings. The summed E-state index contributed by atoms with van der Waals surface area (Å²) in [6.45, 7) is 3.54. The summed E-state index contributed by atoms with van der Waals surface area (Å²) in [6.07, 6.45) is 1.69. The minimum absolute atomic E-state index is 0.148. The van der Waals surface area contributed by atoms with Crippen molar-refractivity contribution in [1.82, 2.24) is 19.7 Å². The standard InChI is InChI=1S/C25H25F3N6O2/c1-3-24(36)10-8-23(15-29,9-11-24)20-6-5-18(13-30-20)33-22(35)19-14-32-34(16(19)2)21-7-4-17(12-31-21)25(26,27)28/h4-7,12-14,36H,3,8-11H2,1-2H3,(H,33,35)/t23-,24-. The highest BCUT2D eigenvalue weighted by Gasteiger charge is 2.43. The number of alkyl halides is 3. The topological polar surface area (TPSA) is 117 Å². The highest BCUT2D eigenvalue weighted by molar-refractivity contribution is 6.04. The van der Waals surface area contributed by atoms with Crippen molar-refractivity contribution in [2.45, 2.75) is 63.1 Å². The molecule has 188 valence electrons. The van der Waals surface area contributed by atoms with Crippen molar-refractivity contribution in [3.05, 3.63) is 65.4 Å². The molecule has 36 heavy (non-hydrogen) atoms. The Morgan fingerprint density at radius 2 is 1.86 bits per heavy atom. The molecule has 0 radical (unpaired) electrons. The van der Waals surface area contributed by atoms with E-state index in [1.54, 1.807) is 19.1 Å². The van der Waals surface area contributed by atoms with Crippen LogP contribution in [0.15, 0.2) is 42.9 Å². The number of aliphatic hydroxyl groups is 1. The fourth-order valence-electron chi connectivity index (χ4n) is 4.41. The van der Waals surface area contributed by atoms with Crippen molar-refractivity contribution >= 4 is 11.6 Å². The second-order valence-electron chi connectivity index (χ2n) is 9.12. The summed E-state index contributed by atoms with van der Waals surface area (Å²) in [5.74, 6) is -0.323. The number of anilines is 1. The van der Waals surface area contributed by atoms with E-state index in [0.29, 0.717) is 55.4 Å². The molecule has 3 aromatic rings. The predicted molar refractivity (Wildman–Crippen MR) is 124 cm³/mol. The monoisotopic (exact) mass is 498 g/mol. The first-order chi connectivity index (χ1) is 17.0. The minimum Gasteiger partial charge on any atom is -0.390 e. The van der Waals surface area contributed by atoms with Gasteiger partial charge in [0.15, 0.2) is 5.82 Å². The van der Waals surface area contributed by atoms with Crippen molar-refractivity contribution in [2.75, 3.05) is 5.32 Å². The van der Waals surface area contributed by atoms with Crippen LogP contribution in [0.1, 0.15) is 66.3 Å². The average Bonchev–Trinajstić information content (AvgIpc) is 3.26. The van der Waals surface area contributed by atoms with Gasteiger partial charge in [-0.3, -0.25) is 9.78 Å². The number of aromatic nitrogens is 4. The molecule has 1 aliphatic carbocycles. The normalized spacial score (nSPS) is 22.1. The third-order valence-electron chi connectivity index (χ3n) is 6.96. The van der Waals surface area contributed by atoms with Crippen molar-refractivity contribution in [3.8, 4) is 11.9 Å². The number of halogens is 3. The van der Waals surface area contributed by atoms with Gasteiger partial charge < -0.3 is 10.4 Å². The van der Waals surface area contributed by atoms with Gasteiger partial charge in [-0.2, -0.15) is 23.5 Å². The summed E-state index contributed by atoms with van der Waals surface area (Å²) in [5.41, 5.74) is -0.768. The number of hydrogen-bond donors (Lipinski definition) is 2. The van der Waals surface area contributed by atoms with Crippen LogP contribution >= 0.6 is 0 Å². The van der Waals surface area contributed by atoms with E-state index in [0.717, 1.165) is 6.07 Å². The lowest BCUT2D eigenvalue weighted by Crippen LogP contribution is -2.40. The zero-order valence-corrected chi connectivity index (χ0v) is 19.8. The van der Waals surface area contributed by atoms with Gasteiger partial charge in [0.2, 0.25) is 0 Å². The number of rotatable bonds is 5. The van der Waals surface area contributed by atoms with Gasteiger partial charge in [0, 0.05) is 6.20 Å². The largest absolute Gasteiger partial charge is 0.417 e. The molecular formula is C25H25F3N6O2. The molecule has 1 fully saturated rings. The molecular weight excluding hydrogens is 473 g/mol. The second kappa shape index (κ2) is 9.35. The molecule has 0 bridgehead atoms. The van der Waals surface area contributed by atoms with E-state index in [1.807, 2.05) is 6.92 Å². The Kier molecular flexibility index (Phi) is 6.58. The zero-order chi connectivity index (χ0) is 26.1. The first-order valence-electron chi connectivity index (χ1n) is 11.5. The quantitative estimate of drug-likeness (QED) is 0.526. The number of carbonyl (C=O) groups is 1. The van der Waals surface area contributed by atoms with Crippen molar-refractivity contribution in [1.29, 1.82) is 5.26 Å². The Labute approximate surface area is 205 Å². The molecule has 3 heterocycles. The Hall–Kier alpha value is -3.78. The smallest absolute Gasteiger partial charge is 0.390 e. The summed E-state index contributed by atoms with van der Waals surface area (Å²) in [4.78, 5) is 21.1. The van der Waals surface area contributed by atoms with E-state index in [1.165, 1.54) is 23.1 Å². The summed E-state index contributed by atoms with van der Waals surface area (Å²) in [5, 5.41) is 27.2. The second-order valence-corrected chi connectivity index (χ2v) is 9.12. The average molecular weight is 499 g/mol. The van der Waals surface area contributed by atoms with E-state index in [9.17, 15) is 28.3 Å². The molecule has 1 amide bonds. The molecule has 2 N–H and O–H groups in total. The van der Waals surface area contributed by atoms with Crippen LogP contribution in [0.25, 0.3) is 5.82 Å². The van der Waals surface area contributed by atoms with Gasteiger partial charge in [-0.25, -0.2) is 9.67 Å². The molecule has 0 saturated heterocycles. The number of nitriles is 1. The lowest BCUT2D eigenvalue weighted by molar-refractivity contribution is -0.137. The third kappa shape index (κ3) is 4.81. The van der Waals surface area contributed by atoms with E-state index in [4.69, 9.17) is 0 Å². The van der Waals surface area contributed by atoms with Crippen LogP contribution in [-0.4, -0.2) is 36.4 Å². The predicted octanol–water partition coefficient (Wildman–Crippen LogP) is 4.72. The molecule has 0 spiro atoms. The van der Waals surface area contributed by atoms with Crippen LogP contribution in [0.2, 0.25) is 0 Å². The summed E-state index contributed by atoms with van der Waals surface area (Å²) < 4.78 is 39.7. The molecule has 3 aromatic heterocycles. The number of hydrogen-bond acceptors (Lipinski definition) is 6. The number of amides is 1. The summed E-state index contributed by atoms with van der Waals surface area (Å²) in [6, 6.07) is 7.84. The van der Waals surface area contributed by atoms with Crippen LogP contribution in [0.3, 0.4) is 0 Å². The van der Waals surface area contributed by atoms with Crippen LogP contribution in [0.4, 0.5) is 18.9 Å². The van der Waals surface area contributed by atoms with Crippen molar-refractivity contribution < 1.29 is 23.1 Å². The number of nitrogens with one attached hydrogen (secondary N) is 1. The van der Waals surface area contributed by atoms with E-state index in [-0.39, 0.29) is 11.4 Å². The van der Waals surface area contributed by atoms with Gasteiger partial charge in [0.05, 0.1) is 57.7 Å². The fraction of sp³-hybridized carbons (Fsp3) is 0.400. The number of carbonyl (C=O) groups excluding carboxylic acids is 1. The Bertz CT molecular complexity index is 1290. The van der Waals surface area contributed by atoms with Gasteiger partial charge >= 0.3 is 6.18 Å². The first-order valence-corrected chi connectivity index (χ1v) is 11.5.